The van der Waals surface area contributed by atoms with Crippen LogP contribution in [0.4, 0.5) is 0 Å². The second kappa shape index (κ2) is 7.56. The molecule has 1 unspecified atom stereocenters. The number of aryl methyl sites for hydroxylation is 1. The van der Waals surface area contributed by atoms with E-state index in [1.54, 1.807) is 4.90 Å². The number of carbonyl (C=O) groups excluding carboxylic acids is 2. The summed E-state index contributed by atoms with van der Waals surface area (Å²) in [5, 5.41) is 1.15. The lowest BCUT2D eigenvalue weighted by molar-refractivity contribution is -0.158. The molecule has 160 valence electrons. The number of H-pyrrole nitrogens is 1. The van der Waals surface area contributed by atoms with Gasteiger partial charge in [0.25, 0.3) is 0 Å². The molecule has 2 atom stereocenters. The summed E-state index contributed by atoms with van der Waals surface area (Å²) in [5.74, 6) is 0.605. The number of amides is 2. The van der Waals surface area contributed by atoms with Gasteiger partial charge in [0, 0.05) is 29.6 Å². The van der Waals surface area contributed by atoms with Crippen molar-refractivity contribution in [1.29, 1.82) is 0 Å². The standard InChI is InChI=1S/C26H29N3O2/c1-16(2)12-13-28-15-23(30)29-22(26(28)31)14-20-19-10-6-7-11-21(19)27-24(20)25(29)18-9-5-4-8-17(18)3/h4-11,16,22,25,27H,12-15H2,1-3H3/t22-,25?/m0/s1. The van der Waals surface area contributed by atoms with Crippen molar-refractivity contribution in [3.63, 3.8) is 0 Å². The Hall–Kier alpha value is -3.08. The van der Waals surface area contributed by atoms with Gasteiger partial charge in [0.15, 0.2) is 0 Å². The first-order valence-electron chi connectivity index (χ1n) is 11.2. The normalized spacial score (nSPS) is 21.0. The first-order valence-corrected chi connectivity index (χ1v) is 11.2. The first-order chi connectivity index (χ1) is 15.0. The van der Waals surface area contributed by atoms with E-state index in [1.165, 1.54) is 0 Å². The molecule has 0 spiro atoms. The zero-order chi connectivity index (χ0) is 21.7. The van der Waals surface area contributed by atoms with Crippen LogP contribution in [-0.2, 0) is 16.0 Å². The minimum Gasteiger partial charge on any atom is -0.356 e. The fourth-order valence-corrected chi connectivity index (χ4v) is 5.14. The summed E-state index contributed by atoms with van der Waals surface area (Å²) in [5.41, 5.74) is 5.47. The molecule has 0 aliphatic carbocycles. The molecule has 1 saturated heterocycles. The average molecular weight is 416 g/mol. The number of carbonyl (C=O) groups is 2. The number of nitrogens with zero attached hydrogens (tertiary/aromatic N) is 2. The molecule has 2 aliphatic rings. The van der Waals surface area contributed by atoms with Gasteiger partial charge in [0.05, 0.1) is 12.6 Å². The van der Waals surface area contributed by atoms with Crippen LogP contribution in [0.3, 0.4) is 0 Å². The zero-order valence-electron chi connectivity index (χ0n) is 18.4. The quantitative estimate of drug-likeness (QED) is 0.694. The highest BCUT2D eigenvalue weighted by Crippen LogP contribution is 2.43. The van der Waals surface area contributed by atoms with Gasteiger partial charge in [-0.15, -0.1) is 0 Å². The van der Waals surface area contributed by atoms with Crippen molar-refractivity contribution in [2.24, 2.45) is 5.92 Å². The van der Waals surface area contributed by atoms with Crippen molar-refractivity contribution in [2.45, 2.75) is 45.7 Å². The SMILES string of the molecule is Cc1ccccc1C1c2[nH]c3ccccc3c2C[C@H]2C(=O)N(CCC(C)C)CC(=O)N12. The van der Waals surface area contributed by atoms with E-state index in [9.17, 15) is 9.59 Å². The second-order valence-electron chi connectivity index (χ2n) is 9.29. The summed E-state index contributed by atoms with van der Waals surface area (Å²) in [4.78, 5) is 34.3. The Morgan fingerprint density at radius 3 is 2.58 bits per heavy atom. The van der Waals surface area contributed by atoms with E-state index in [0.29, 0.717) is 18.9 Å². The van der Waals surface area contributed by atoms with Crippen LogP contribution < -0.4 is 0 Å². The first kappa shape index (κ1) is 19.9. The van der Waals surface area contributed by atoms with Gasteiger partial charge < -0.3 is 14.8 Å². The van der Waals surface area contributed by atoms with Crippen LogP contribution in [0.15, 0.2) is 48.5 Å². The van der Waals surface area contributed by atoms with Crippen LogP contribution in [0.2, 0.25) is 0 Å². The van der Waals surface area contributed by atoms with Crippen LogP contribution in [0.25, 0.3) is 10.9 Å². The number of fused-ring (bicyclic) bond motifs is 4. The van der Waals surface area contributed by atoms with Crippen LogP contribution in [0.5, 0.6) is 0 Å². The highest BCUT2D eigenvalue weighted by Gasteiger charge is 2.48. The topological polar surface area (TPSA) is 56.4 Å². The minimum atomic E-state index is -0.454. The predicted molar refractivity (Wildman–Crippen MR) is 122 cm³/mol. The molecule has 0 saturated carbocycles. The summed E-state index contributed by atoms with van der Waals surface area (Å²) in [7, 11) is 0. The molecule has 5 nitrogen and oxygen atoms in total. The molecule has 2 aliphatic heterocycles. The maximum absolute atomic E-state index is 13.6. The van der Waals surface area contributed by atoms with Gasteiger partial charge in [-0.3, -0.25) is 9.59 Å². The van der Waals surface area contributed by atoms with Crippen molar-refractivity contribution < 1.29 is 9.59 Å². The molecule has 2 aromatic carbocycles. The Kier molecular flexibility index (Phi) is 4.84. The Morgan fingerprint density at radius 2 is 1.81 bits per heavy atom. The Balaban J connectivity index is 1.65. The zero-order valence-corrected chi connectivity index (χ0v) is 18.4. The largest absolute Gasteiger partial charge is 0.356 e. The van der Waals surface area contributed by atoms with Crippen LogP contribution in [0.1, 0.15) is 48.7 Å². The summed E-state index contributed by atoms with van der Waals surface area (Å²) >= 11 is 0. The average Bonchev–Trinajstić information content (AvgIpc) is 3.13. The fraction of sp³-hybridized carbons (Fsp3) is 0.385. The van der Waals surface area contributed by atoms with Crippen molar-refractivity contribution >= 4 is 22.7 Å². The maximum Gasteiger partial charge on any atom is 0.246 e. The molecule has 0 bridgehead atoms. The van der Waals surface area contributed by atoms with Crippen molar-refractivity contribution in [1.82, 2.24) is 14.8 Å². The highest BCUT2D eigenvalue weighted by molar-refractivity contribution is 5.97. The Bertz CT molecular complexity index is 1160. The number of hydrogen-bond donors (Lipinski definition) is 1. The predicted octanol–water partition coefficient (Wildman–Crippen LogP) is 4.21. The highest BCUT2D eigenvalue weighted by atomic mass is 16.2. The molecule has 5 heteroatoms. The molecule has 1 N–H and O–H groups in total. The monoisotopic (exact) mass is 415 g/mol. The van der Waals surface area contributed by atoms with E-state index < -0.39 is 6.04 Å². The molecule has 31 heavy (non-hydrogen) atoms. The number of rotatable bonds is 4. The summed E-state index contributed by atoms with van der Waals surface area (Å²) < 4.78 is 0. The number of aromatic nitrogens is 1. The fourth-order valence-electron chi connectivity index (χ4n) is 5.14. The lowest BCUT2D eigenvalue weighted by Crippen LogP contribution is -2.63. The minimum absolute atomic E-state index is 0.0333. The van der Waals surface area contributed by atoms with Crippen molar-refractivity contribution in [3.05, 3.63) is 70.9 Å². The van der Waals surface area contributed by atoms with Gasteiger partial charge in [-0.2, -0.15) is 0 Å². The molecular weight excluding hydrogens is 386 g/mol. The second-order valence-corrected chi connectivity index (χ2v) is 9.29. The van der Waals surface area contributed by atoms with Crippen LogP contribution in [-0.4, -0.2) is 45.7 Å². The number of aromatic amines is 1. The number of nitrogens with one attached hydrogen (secondary N) is 1. The summed E-state index contributed by atoms with van der Waals surface area (Å²) in [6, 6.07) is 15.7. The maximum atomic E-state index is 13.6. The van der Waals surface area contributed by atoms with Gasteiger partial charge in [-0.25, -0.2) is 0 Å². The van der Waals surface area contributed by atoms with Gasteiger partial charge in [-0.1, -0.05) is 56.3 Å². The van der Waals surface area contributed by atoms with E-state index in [4.69, 9.17) is 0 Å². The lowest BCUT2D eigenvalue weighted by atomic mass is 9.85. The van der Waals surface area contributed by atoms with Gasteiger partial charge in [0.2, 0.25) is 11.8 Å². The van der Waals surface area contributed by atoms with E-state index in [-0.39, 0.29) is 24.4 Å². The smallest absolute Gasteiger partial charge is 0.246 e. The van der Waals surface area contributed by atoms with E-state index in [0.717, 1.165) is 39.7 Å². The summed E-state index contributed by atoms with van der Waals surface area (Å²) in [6.07, 6.45) is 1.47. The Morgan fingerprint density at radius 1 is 1.06 bits per heavy atom. The van der Waals surface area contributed by atoms with Gasteiger partial charge in [-0.05, 0) is 42.0 Å². The lowest BCUT2D eigenvalue weighted by Gasteiger charge is -2.47. The number of benzene rings is 2. The third-order valence-corrected chi connectivity index (χ3v) is 6.80. The van der Waals surface area contributed by atoms with E-state index in [2.05, 4.69) is 50.0 Å². The van der Waals surface area contributed by atoms with E-state index in [1.807, 2.05) is 29.2 Å². The van der Waals surface area contributed by atoms with Crippen LogP contribution >= 0.6 is 0 Å². The Labute approximate surface area is 183 Å². The number of piperazine rings is 1. The number of para-hydroxylation sites is 1. The third-order valence-electron chi connectivity index (χ3n) is 6.80. The molecule has 1 fully saturated rings. The van der Waals surface area contributed by atoms with Crippen molar-refractivity contribution in [3.8, 4) is 0 Å². The van der Waals surface area contributed by atoms with Crippen molar-refractivity contribution in [2.75, 3.05) is 13.1 Å². The molecule has 2 amide bonds. The van der Waals surface area contributed by atoms with Gasteiger partial charge >= 0.3 is 0 Å². The van der Waals surface area contributed by atoms with E-state index >= 15 is 0 Å². The third kappa shape index (κ3) is 3.23. The van der Waals surface area contributed by atoms with Gasteiger partial charge in [0.1, 0.15) is 6.04 Å². The summed E-state index contributed by atoms with van der Waals surface area (Å²) in [6.45, 7) is 7.18. The van der Waals surface area contributed by atoms with Crippen LogP contribution in [0, 0.1) is 12.8 Å². The molecule has 5 rings (SSSR count). The molecule has 0 radical (unpaired) electrons. The molecule has 3 heterocycles. The molecule has 3 aromatic rings. The molecule has 1 aromatic heterocycles. The number of hydrogen-bond acceptors (Lipinski definition) is 2. The molecular formula is C26H29N3O2.